The van der Waals surface area contributed by atoms with Crippen molar-refractivity contribution in [2.24, 2.45) is 0 Å². The van der Waals surface area contributed by atoms with E-state index in [0.29, 0.717) is 5.56 Å². The predicted octanol–water partition coefficient (Wildman–Crippen LogP) is 2.98. The van der Waals surface area contributed by atoms with Crippen LogP contribution in [0.5, 0.6) is 0 Å². The van der Waals surface area contributed by atoms with Gasteiger partial charge in [0.1, 0.15) is 0 Å². The Balaban J connectivity index is 2.61. The first-order chi connectivity index (χ1) is 6.09. The second-order valence-electron chi connectivity index (χ2n) is 3.10. The number of halogens is 2. The molecule has 0 aliphatic heterocycles. The smallest absolute Gasteiger partial charge is 0.237 e. The number of fused-ring (bicyclic) bond motifs is 1. The number of rotatable bonds is 0. The minimum atomic E-state index is -2.20. The monoisotopic (exact) mass is 242 g/mol. The molecule has 1 aliphatic rings. The van der Waals surface area contributed by atoms with Gasteiger partial charge in [0.2, 0.25) is 5.85 Å². The van der Waals surface area contributed by atoms with Crippen molar-refractivity contribution in [3.8, 4) is 0 Å². The minimum absolute atomic E-state index is 0.0294. The second kappa shape index (κ2) is 2.93. The molecule has 1 aromatic carbocycles. The Labute approximate surface area is 84.0 Å². The maximum Gasteiger partial charge on any atom is 0.237 e. The standard InChI is InChI=1S/C10H8BrFO/c11-8-3-4-9-7(6-8)2-1-5-10(9,12)13/h1-4,6,13H,5H2. The molecule has 0 amide bonds. The topological polar surface area (TPSA) is 20.2 Å². The first-order valence-corrected chi connectivity index (χ1v) is 4.77. The highest BCUT2D eigenvalue weighted by atomic mass is 79.9. The van der Waals surface area contributed by atoms with Gasteiger partial charge >= 0.3 is 0 Å². The van der Waals surface area contributed by atoms with E-state index in [1.54, 1.807) is 24.3 Å². The van der Waals surface area contributed by atoms with Crippen LogP contribution in [0.3, 0.4) is 0 Å². The lowest BCUT2D eigenvalue weighted by molar-refractivity contribution is -0.0931. The Morgan fingerprint density at radius 3 is 3.00 bits per heavy atom. The van der Waals surface area contributed by atoms with E-state index in [0.717, 1.165) is 10.0 Å². The van der Waals surface area contributed by atoms with E-state index in [-0.39, 0.29) is 6.42 Å². The van der Waals surface area contributed by atoms with Crippen LogP contribution in [0.1, 0.15) is 17.5 Å². The van der Waals surface area contributed by atoms with Gasteiger partial charge < -0.3 is 5.11 Å². The minimum Gasteiger partial charge on any atom is -0.358 e. The zero-order chi connectivity index (χ0) is 9.47. The van der Waals surface area contributed by atoms with Crippen LogP contribution in [0.15, 0.2) is 28.7 Å². The summed E-state index contributed by atoms with van der Waals surface area (Å²) >= 11 is 3.29. The van der Waals surface area contributed by atoms with Crippen LogP contribution >= 0.6 is 15.9 Å². The summed E-state index contributed by atoms with van der Waals surface area (Å²) in [6.07, 6.45) is 3.48. The summed E-state index contributed by atoms with van der Waals surface area (Å²) in [4.78, 5) is 0. The number of alkyl halides is 1. The molecule has 0 aromatic heterocycles. The SMILES string of the molecule is OC1(F)CC=Cc2cc(Br)ccc21. The Hall–Kier alpha value is -0.670. The second-order valence-corrected chi connectivity index (χ2v) is 4.01. The van der Waals surface area contributed by atoms with Gasteiger partial charge in [-0.3, -0.25) is 0 Å². The molecule has 1 atom stereocenters. The molecule has 1 aliphatic carbocycles. The Morgan fingerprint density at radius 2 is 2.23 bits per heavy atom. The van der Waals surface area contributed by atoms with Crippen molar-refractivity contribution < 1.29 is 9.50 Å². The van der Waals surface area contributed by atoms with Gasteiger partial charge in [-0.25, -0.2) is 4.39 Å². The van der Waals surface area contributed by atoms with Gasteiger partial charge in [0.25, 0.3) is 0 Å². The molecule has 1 unspecified atom stereocenters. The average Bonchev–Trinajstić information content (AvgIpc) is 2.02. The van der Waals surface area contributed by atoms with E-state index in [1.165, 1.54) is 0 Å². The lowest BCUT2D eigenvalue weighted by atomic mass is 9.93. The first-order valence-electron chi connectivity index (χ1n) is 3.97. The van der Waals surface area contributed by atoms with E-state index < -0.39 is 5.85 Å². The van der Waals surface area contributed by atoms with Gasteiger partial charge in [0, 0.05) is 16.5 Å². The van der Waals surface area contributed by atoms with Gasteiger partial charge in [0.15, 0.2) is 0 Å². The molecule has 1 nitrogen and oxygen atoms in total. The van der Waals surface area contributed by atoms with E-state index in [4.69, 9.17) is 0 Å². The molecule has 0 fully saturated rings. The summed E-state index contributed by atoms with van der Waals surface area (Å²) in [5.74, 6) is -2.20. The summed E-state index contributed by atoms with van der Waals surface area (Å²) in [5.41, 5.74) is 1.07. The van der Waals surface area contributed by atoms with Crippen LogP contribution in [0, 0.1) is 0 Å². The average molecular weight is 243 g/mol. The lowest BCUT2D eigenvalue weighted by Crippen LogP contribution is -2.21. The van der Waals surface area contributed by atoms with Crippen molar-refractivity contribution >= 4 is 22.0 Å². The zero-order valence-corrected chi connectivity index (χ0v) is 8.38. The number of hydrogen-bond acceptors (Lipinski definition) is 1. The van der Waals surface area contributed by atoms with Gasteiger partial charge in [-0.05, 0) is 17.7 Å². The van der Waals surface area contributed by atoms with Crippen molar-refractivity contribution in [2.45, 2.75) is 12.3 Å². The highest BCUT2D eigenvalue weighted by molar-refractivity contribution is 9.10. The van der Waals surface area contributed by atoms with Crippen LogP contribution in [0.2, 0.25) is 0 Å². The highest BCUT2D eigenvalue weighted by Crippen LogP contribution is 2.35. The van der Waals surface area contributed by atoms with Gasteiger partial charge in [0.05, 0.1) is 0 Å². The third-order valence-corrected chi connectivity index (χ3v) is 2.61. The molecule has 0 saturated carbocycles. The van der Waals surface area contributed by atoms with Crippen molar-refractivity contribution in [1.82, 2.24) is 0 Å². The normalized spacial score (nSPS) is 25.8. The fraction of sp³-hybridized carbons (Fsp3) is 0.200. The van der Waals surface area contributed by atoms with Gasteiger partial charge in [-0.2, -0.15) is 0 Å². The van der Waals surface area contributed by atoms with Crippen molar-refractivity contribution in [1.29, 1.82) is 0 Å². The molecular formula is C10H8BrFO. The van der Waals surface area contributed by atoms with Crippen LogP contribution < -0.4 is 0 Å². The molecule has 0 radical (unpaired) electrons. The molecule has 3 heteroatoms. The lowest BCUT2D eigenvalue weighted by Gasteiger charge is -2.23. The van der Waals surface area contributed by atoms with Crippen LogP contribution in [0.4, 0.5) is 4.39 Å². The number of benzene rings is 1. The van der Waals surface area contributed by atoms with Crippen LogP contribution in [-0.2, 0) is 5.85 Å². The third kappa shape index (κ3) is 1.54. The van der Waals surface area contributed by atoms with Crippen LogP contribution in [-0.4, -0.2) is 5.11 Å². The number of aliphatic hydroxyl groups is 1. The Morgan fingerprint density at radius 1 is 1.46 bits per heavy atom. The van der Waals surface area contributed by atoms with E-state index in [1.807, 2.05) is 6.08 Å². The Kier molecular flexibility index (Phi) is 2.00. The Bertz CT molecular complexity index is 371. The molecule has 2 rings (SSSR count). The predicted molar refractivity (Wildman–Crippen MR) is 52.8 cm³/mol. The van der Waals surface area contributed by atoms with E-state index in [2.05, 4.69) is 15.9 Å². The molecule has 13 heavy (non-hydrogen) atoms. The van der Waals surface area contributed by atoms with Gasteiger partial charge in [-0.1, -0.05) is 34.1 Å². The van der Waals surface area contributed by atoms with E-state index >= 15 is 0 Å². The molecule has 1 N–H and O–H groups in total. The fourth-order valence-electron chi connectivity index (χ4n) is 1.47. The third-order valence-electron chi connectivity index (χ3n) is 2.11. The molecule has 0 bridgehead atoms. The molecule has 68 valence electrons. The summed E-state index contributed by atoms with van der Waals surface area (Å²) in [7, 11) is 0. The molecule has 0 heterocycles. The van der Waals surface area contributed by atoms with Gasteiger partial charge in [-0.15, -0.1) is 0 Å². The summed E-state index contributed by atoms with van der Waals surface area (Å²) in [6, 6.07) is 5.11. The molecular weight excluding hydrogens is 235 g/mol. The molecule has 1 aromatic rings. The molecule has 0 spiro atoms. The summed E-state index contributed by atoms with van der Waals surface area (Å²) < 4.78 is 14.4. The van der Waals surface area contributed by atoms with Crippen molar-refractivity contribution in [3.05, 3.63) is 39.9 Å². The zero-order valence-electron chi connectivity index (χ0n) is 6.80. The van der Waals surface area contributed by atoms with Crippen molar-refractivity contribution in [2.75, 3.05) is 0 Å². The maximum atomic E-state index is 13.5. The fourth-order valence-corrected chi connectivity index (χ4v) is 1.85. The van der Waals surface area contributed by atoms with E-state index in [9.17, 15) is 9.50 Å². The highest BCUT2D eigenvalue weighted by Gasteiger charge is 2.31. The maximum absolute atomic E-state index is 13.5. The van der Waals surface area contributed by atoms with Crippen molar-refractivity contribution in [3.63, 3.8) is 0 Å². The van der Waals surface area contributed by atoms with Crippen LogP contribution in [0.25, 0.3) is 6.08 Å². The first kappa shape index (κ1) is 8.91. The number of hydrogen-bond donors (Lipinski definition) is 1. The largest absolute Gasteiger partial charge is 0.358 e. The summed E-state index contributed by atoms with van der Waals surface area (Å²) in [6.45, 7) is 0. The quantitative estimate of drug-likeness (QED) is 0.742. The summed E-state index contributed by atoms with van der Waals surface area (Å²) in [5, 5.41) is 9.38. The molecule has 0 saturated heterocycles.